The minimum Gasteiger partial charge on any atom is -0.486 e. The summed E-state index contributed by atoms with van der Waals surface area (Å²) < 4.78 is 23.9. The molecule has 1 amide bonds. The number of carbonyl (C=O) groups excluding carboxylic acids is 1. The van der Waals surface area contributed by atoms with Gasteiger partial charge in [-0.1, -0.05) is 0 Å². The van der Waals surface area contributed by atoms with Crippen molar-refractivity contribution in [3.63, 3.8) is 0 Å². The smallest absolute Gasteiger partial charge is 0.289 e. The van der Waals surface area contributed by atoms with Crippen molar-refractivity contribution in [2.45, 2.75) is 19.4 Å². The molecule has 2 heterocycles. The minimum atomic E-state index is -0.313. The van der Waals surface area contributed by atoms with Crippen LogP contribution in [0.15, 0.2) is 40.8 Å². The predicted molar refractivity (Wildman–Crippen MR) is 87.1 cm³/mol. The van der Waals surface area contributed by atoms with Crippen molar-refractivity contribution in [1.82, 2.24) is 4.90 Å². The Labute approximate surface area is 140 Å². The van der Waals surface area contributed by atoms with Crippen LogP contribution in [0.25, 0.3) is 0 Å². The molecule has 1 aliphatic heterocycles. The Bertz CT molecular complexity index is 676. The number of hydrogen-bond donors (Lipinski definition) is 1. The lowest BCUT2D eigenvalue weighted by atomic mass is 9.97. The molecule has 0 unspecified atom stereocenters. The zero-order valence-corrected chi connectivity index (χ0v) is 13.4. The van der Waals surface area contributed by atoms with Crippen molar-refractivity contribution in [1.29, 1.82) is 0 Å². The molecule has 128 valence electrons. The third kappa shape index (κ3) is 3.94. The first kappa shape index (κ1) is 16.5. The average Bonchev–Trinajstić information content (AvgIpc) is 3.10. The van der Waals surface area contributed by atoms with Crippen LogP contribution >= 0.6 is 0 Å². The van der Waals surface area contributed by atoms with Crippen molar-refractivity contribution < 1.29 is 18.3 Å². The molecule has 2 aromatic rings. The van der Waals surface area contributed by atoms with E-state index in [2.05, 4.69) is 0 Å². The van der Waals surface area contributed by atoms with Gasteiger partial charge in [0.05, 0.1) is 0 Å². The Kier molecular flexibility index (Phi) is 5.15. The quantitative estimate of drug-likeness (QED) is 0.914. The van der Waals surface area contributed by atoms with Crippen LogP contribution in [-0.2, 0) is 6.61 Å². The third-order valence-electron chi connectivity index (χ3n) is 4.30. The number of nitrogens with zero attached hydrogens (tertiary/aromatic N) is 1. The van der Waals surface area contributed by atoms with Crippen LogP contribution in [0.3, 0.4) is 0 Å². The van der Waals surface area contributed by atoms with Gasteiger partial charge in [-0.15, -0.1) is 0 Å². The molecule has 1 fully saturated rings. The summed E-state index contributed by atoms with van der Waals surface area (Å²) >= 11 is 0. The van der Waals surface area contributed by atoms with Gasteiger partial charge in [0, 0.05) is 13.1 Å². The number of halogens is 1. The molecule has 6 heteroatoms. The highest BCUT2D eigenvalue weighted by atomic mass is 19.1. The molecule has 0 atom stereocenters. The summed E-state index contributed by atoms with van der Waals surface area (Å²) in [6, 6.07) is 9.15. The highest BCUT2D eigenvalue weighted by molar-refractivity contribution is 5.91. The van der Waals surface area contributed by atoms with Gasteiger partial charge in [0.25, 0.3) is 5.91 Å². The molecule has 0 saturated carbocycles. The van der Waals surface area contributed by atoms with E-state index in [1.54, 1.807) is 29.2 Å². The number of amides is 1. The lowest BCUT2D eigenvalue weighted by Gasteiger charge is -2.30. The number of piperidine rings is 1. The Balaban J connectivity index is 1.55. The monoisotopic (exact) mass is 332 g/mol. The Hall–Kier alpha value is -2.34. The van der Waals surface area contributed by atoms with Gasteiger partial charge in [0.2, 0.25) is 0 Å². The van der Waals surface area contributed by atoms with Gasteiger partial charge in [-0.3, -0.25) is 4.79 Å². The molecule has 0 bridgehead atoms. The number of hydrogen-bond acceptors (Lipinski definition) is 4. The number of rotatable bonds is 5. The topological polar surface area (TPSA) is 68.7 Å². The number of carbonyl (C=O) groups is 1. The molecular weight excluding hydrogens is 311 g/mol. The van der Waals surface area contributed by atoms with Crippen LogP contribution in [-0.4, -0.2) is 30.4 Å². The Morgan fingerprint density at radius 3 is 2.58 bits per heavy atom. The summed E-state index contributed by atoms with van der Waals surface area (Å²) in [7, 11) is 0. The van der Waals surface area contributed by atoms with E-state index in [0.717, 1.165) is 12.8 Å². The van der Waals surface area contributed by atoms with Gasteiger partial charge in [0.1, 0.15) is 23.9 Å². The van der Waals surface area contributed by atoms with E-state index < -0.39 is 0 Å². The second kappa shape index (κ2) is 7.49. The van der Waals surface area contributed by atoms with E-state index in [1.165, 1.54) is 12.1 Å². The van der Waals surface area contributed by atoms with E-state index in [9.17, 15) is 9.18 Å². The molecule has 1 aromatic carbocycles. The number of likely N-dealkylation sites (tertiary alicyclic amines) is 1. The second-order valence-corrected chi connectivity index (χ2v) is 5.98. The van der Waals surface area contributed by atoms with Crippen LogP contribution in [0, 0.1) is 11.7 Å². The summed E-state index contributed by atoms with van der Waals surface area (Å²) in [5.74, 6) is 1.51. The maximum Gasteiger partial charge on any atom is 0.289 e. The zero-order valence-electron chi connectivity index (χ0n) is 13.4. The van der Waals surface area contributed by atoms with E-state index in [4.69, 9.17) is 14.9 Å². The maximum atomic E-state index is 12.8. The predicted octanol–water partition coefficient (Wildman–Crippen LogP) is 2.81. The molecule has 3 rings (SSSR count). The lowest BCUT2D eigenvalue weighted by Crippen LogP contribution is -2.39. The van der Waals surface area contributed by atoms with Crippen molar-refractivity contribution in [3.8, 4) is 5.75 Å². The molecular formula is C18H21FN2O3. The highest BCUT2D eigenvalue weighted by Gasteiger charge is 2.24. The second-order valence-electron chi connectivity index (χ2n) is 5.98. The summed E-state index contributed by atoms with van der Waals surface area (Å²) in [6.07, 6.45) is 1.87. The van der Waals surface area contributed by atoms with E-state index >= 15 is 0 Å². The molecule has 1 aliphatic rings. The van der Waals surface area contributed by atoms with Crippen LogP contribution in [0.5, 0.6) is 5.75 Å². The maximum absolute atomic E-state index is 12.8. The average molecular weight is 332 g/mol. The van der Waals surface area contributed by atoms with E-state index in [-0.39, 0.29) is 18.3 Å². The standard InChI is InChI=1S/C18H21FN2O3/c19-14-1-3-15(4-2-14)23-12-16-5-6-17(24-16)18(22)21-9-7-13(11-20)8-10-21/h1-6,13H,7-12,20H2. The summed E-state index contributed by atoms with van der Waals surface area (Å²) in [5.41, 5.74) is 5.67. The van der Waals surface area contributed by atoms with Crippen LogP contribution in [0.4, 0.5) is 4.39 Å². The van der Waals surface area contributed by atoms with Gasteiger partial charge in [0.15, 0.2) is 5.76 Å². The van der Waals surface area contributed by atoms with Crippen molar-refractivity contribution in [3.05, 3.63) is 53.7 Å². The van der Waals surface area contributed by atoms with Gasteiger partial charge in [-0.25, -0.2) is 4.39 Å². The molecule has 0 spiro atoms. The Morgan fingerprint density at radius 1 is 1.21 bits per heavy atom. The van der Waals surface area contributed by atoms with Crippen LogP contribution < -0.4 is 10.5 Å². The molecule has 2 N–H and O–H groups in total. The minimum absolute atomic E-state index is 0.0986. The summed E-state index contributed by atoms with van der Waals surface area (Å²) in [4.78, 5) is 14.2. The zero-order chi connectivity index (χ0) is 16.9. The van der Waals surface area contributed by atoms with Crippen molar-refractivity contribution in [2.24, 2.45) is 11.7 Å². The first-order valence-electron chi connectivity index (χ1n) is 8.12. The summed E-state index contributed by atoms with van der Waals surface area (Å²) in [5, 5.41) is 0. The largest absolute Gasteiger partial charge is 0.486 e. The molecule has 1 aromatic heterocycles. The van der Waals surface area contributed by atoms with Gasteiger partial charge in [-0.2, -0.15) is 0 Å². The first-order chi connectivity index (χ1) is 11.7. The number of furan rings is 1. The van der Waals surface area contributed by atoms with Gasteiger partial charge in [-0.05, 0) is 61.7 Å². The normalized spacial score (nSPS) is 15.5. The van der Waals surface area contributed by atoms with Gasteiger partial charge >= 0.3 is 0 Å². The molecule has 0 aliphatic carbocycles. The fraction of sp³-hybridized carbons (Fsp3) is 0.389. The fourth-order valence-electron chi connectivity index (χ4n) is 2.78. The van der Waals surface area contributed by atoms with Crippen molar-refractivity contribution >= 4 is 5.91 Å². The highest BCUT2D eigenvalue weighted by Crippen LogP contribution is 2.20. The number of nitrogens with two attached hydrogens (primary N) is 1. The fourth-order valence-corrected chi connectivity index (χ4v) is 2.78. The number of ether oxygens (including phenoxy) is 1. The van der Waals surface area contributed by atoms with Crippen LogP contribution in [0.2, 0.25) is 0 Å². The van der Waals surface area contributed by atoms with E-state index in [1.807, 2.05) is 0 Å². The number of benzene rings is 1. The Morgan fingerprint density at radius 2 is 1.92 bits per heavy atom. The summed E-state index contributed by atoms with van der Waals surface area (Å²) in [6.45, 7) is 2.29. The lowest BCUT2D eigenvalue weighted by molar-refractivity contribution is 0.0657. The molecule has 5 nitrogen and oxygen atoms in total. The molecule has 24 heavy (non-hydrogen) atoms. The van der Waals surface area contributed by atoms with Crippen LogP contribution in [0.1, 0.15) is 29.2 Å². The first-order valence-corrected chi connectivity index (χ1v) is 8.12. The van der Waals surface area contributed by atoms with Gasteiger partial charge < -0.3 is 19.8 Å². The SMILES string of the molecule is NCC1CCN(C(=O)c2ccc(COc3ccc(F)cc3)o2)CC1. The molecule has 0 radical (unpaired) electrons. The molecule has 1 saturated heterocycles. The van der Waals surface area contributed by atoms with Crippen molar-refractivity contribution in [2.75, 3.05) is 19.6 Å². The third-order valence-corrected chi connectivity index (χ3v) is 4.30. The van der Waals surface area contributed by atoms with E-state index in [0.29, 0.717) is 42.8 Å².